The molecule has 1 aromatic heterocycles. The topological polar surface area (TPSA) is 59.5 Å². The van der Waals surface area contributed by atoms with Gasteiger partial charge in [0.25, 0.3) is 5.91 Å². The van der Waals surface area contributed by atoms with Crippen molar-refractivity contribution in [2.24, 2.45) is 0 Å². The van der Waals surface area contributed by atoms with Crippen molar-refractivity contribution in [2.75, 3.05) is 11.4 Å². The molecule has 0 saturated carbocycles. The van der Waals surface area contributed by atoms with Gasteiger partial charge in [-0.15, -0.1) is 11.3 Å². The molecular formula is C21H20N2O3S. The van der Waals surface area contributed by atoms with Gasteiger partial charge < -0.3 is 9.64 Å². The van der Waals surface area contributed by atoms with Crippen molar-refractivity contribution in [3.63, 3.8) is 0 Å². The highest BCUT2D eigenvalue weighted by Crippen LogP contribution is 2.28. The molecule has 1 amide bonds. The van der Waals surface area contributed by atoms with Crippen LogP contribution in [-0.2, 0) is 27.2 Å². The highest BCUT2D eigenvalue weighted by Gasteiger charge is 2.29. The number of esters is 1. The number of aromatic nitrogens is 1. The van der Waals surface area contributed by atoms with E-state index in [0.717, 1.165) is 32.9 Å². The van der Waals surface area contributed by atoms with Crippen molar-refractivity contribution < 1.29 is 14.3 Å². The van der Waals surface area contributed by atoms with E-state index in [-0.39, 0.29) is 18.3 Å². The summed E-state index contributed by atoms with van der Waals surface area (Å²) in [7, 11) is 0. The van der Waals surface area contributed by atoms with E-state index in [1.54, 1.807) is 23.2 Å². The first-order valence-electron chi connectivity index (χ1n) is 9.05. The van der Waals surface area contributed by atoms with Crippen LogP contribution in [0.2, 0.25) is 0 Å². The van der Waals surface area contributed by atoms with E-state index in [1.807, 2.05) is 48.5 Å². The molecule has 0 bridgehead atoms. The lowest BCUT2D eigenvalue weighted by molar-refractivity contribution is -0.153. The third-order valence-electron chi connectivity index (χ3n) is 4.69. The molecule has 1 aliphatic rings. The van der Waals surface area contributed by atoms with Gasteiger partial charge in [0, 0.05) is 18.7 Å². The van der Waals surface area contributed by atoms with Crippen LogP contribution < -0.4 is 4.90 Å². The quantitative estimate of drug-likeness (QED) is 0.633. The summed E-state index contributed by atoms with van der Waals surface area (Å²) in [5, 5.41) is 0.903. The average molecular weight is 380 g/mol. The van der Waals surface area contributed by atoms with Crippen LogP contribution in [-0.4, -0.2) is 29.5 Å². The van der Waals surface area contributed by atoms with Crippen LogP contribution in [0.4, 0.5) is 5.69 Å². The van der Waals surface area contributed by atoms with E-state index in [4.69, 9.17) is 4.74 Å². The Morgan fingerprint density at radius 1 is 1.19 bits per heavy atom. The number of carbonyl (C=O) groups excluding carboxylic acids is 2. The van der Waals surface area contributed by atoms with Crippen molar-refractivity contribution in [1.82, 2.24) is 4.98 Å². The van der Waals surface area contributed by atoms with Crippen LogP contribution in [0.25, 0.3) is 10.2 Å². The third-order valence-corrected chi connectivity index (χ3v) is 5.79. The summed E-state index contributed by atoms with van der Waals surface area (Å²) in [4.78, 5) is 31.1. The zero-order valence-electron chi connectivity index (χ0n) is 15.1. The Bertz CT molecular complexity index is 965. The summed E-state index contributed by atoms with van der Waals surface area (Å²) in [5.41, 5.74) is 3.02. The monoisotopic (exact) mass is 380 g/mol. The van der Waals surface area contributed by atoms with E-state index < -0.39 is 6.10 Å². The molecule has 6 heteroatoms. The summed E-state index contributed by atoms with van der Waals surface area (Å²) >= 11 is 1.58. The number of amides is 1. The molecule has 0 aliphatic carbocycles. The van der Waals surface area contributed by atoms with Crippen LogP contribution in [0.15, 0.2) is 48.5 Å². The van der Waals surface area contributed by atoms with Crippen molar-refractivity contribution in [3.05, 3.63) is 59.1 Å². The van der Waals surface area contributed by atoms with Crippen molar-refractivity contribution in [1.29, 1.82) is 0 Å². The molecule has 0 spiro atoms. The van der Waals surface area contributed by atoms with Crippen molar-refractivity contribution >= 4 is 39.1 Å². The SMILES string of the molecule is CC(OC(=O)CCc1nc2ccccc2s1)C(=O)N1CCc2ccccc21. The molecule has 2 aromatic carbocycles. The fraction of sp³-hybridized carbons (Fsp3) is 0.286. The highest BCUT2D eigenvalue weighted by molar-refractivity contribution is 7.18. The summed E-state index contributed by atoms with van der Waals surface area (Å²) in [6.45, 7) is 2.27. The van der Waals surface area contributed by atoms with Crippen LogP contribution in [0, 0.1) is 0 Å². The van der Waals surface area contributed by atoms with Crippen molar-refractivity contribution in [3.8, 4) is 0 Å². The number of carbonyl (C=O) groups is 2. The maximum Gasteiger partial charge on any atom is 0.306 e. The van der Waals surface area contributed by atoms with Gasteiger partial charge in [-0.05, 0) is 37.1 Å². The lowest BCUT2D eigenvalue weighted by Crippen LogP contribution is -2.39. The maximum absolute atomic E-state index is 12.7. The number of fused-ring (bicyclic) bond motifs is 2. The molecule has 1 atom stereocenters. The minimum Gasteiger partial charge on any atom is -0.453 e. The molecular weight excluding hydrogens is 360 g/mol. The molecule has 1 aliphatic heterocycles. The molecule has 5 nitrogen and oxygen atoms in total. The van der Waals surface area contributed by atoms with Gasteiger partial charge in [-0.1, -0.05) is 30.3 Å². The summed E-state index contributed by atoms with van der Waals surface area (Å²) in [5.74, 6) is -0.545. The Morgan fingerprint density at radius 3 is 2.81 bits per heavy atom. The van der Waals surface area contributed by atoms with Gasteiger partial charge in [-0.3, -0.25) is 9.59 Å². The van der Waals surface area contributed by atoms with E-state index in [0.29, 0.717) is 13.0 Å². The van der Waals surface area contributed by atoms with Gasteiger partial charge in [0.15, 0.2) is 6.10 Å². The number of hydrogen-bond acceptors (Lipinski definition) is 5. The van der Waals surface area contributed by atoms with Gasteiger partial charge in [-0.25, -0.2) is 4.98 Å². The summed E-state index contributed by atoms with van der Waals surface area (Å²) < 4.78 is 6.49. The Hall–Kier alpha value is -2.73. The molecule has 0 radical (unpaired) electrons. The first-order chi connectivity index (χ1) is 13.1. The predicted molar refractivity (Wildman–Crippen MR) is 106 cm³/mol. The van der Waals surface area contributed by atoms with Crippen LogP contribution >= 0.6 is 11.3 Å². The Balaban J connectivity index is 1.33. The second-order valence-corrected chi connectivity index (χ2v) is 7.69. The van der Waals surface area contributed by atoms with Crippen LogP contribution in [0.5, 0.6) is 0 Å². The molecule has 0 fully saturated rings. The number of nitrogens with zero attached hydrogens (tertiary/aromatic N) is 2. The largest absolute Gasteiger partial charge is 0.453 e. The normalized spacial score (nSPS) is 14.2. The number of thiazole rings is 1. The Labute approximate surface area is 161 Å². The van der Waals surface area contributed by atoms with E-state index in [9.17, 15) is 9.59 Å². The van der Waals surface area contributed by atoms with Crippen LogP contribution in [0.1, 0.15) is 23.9 Å². The van der Waals surface area contributed by atoms with Crippen molar-refractivity contribution in [2.45, 2.75) is 32.3 Å². The molecule has 4 rings (SSSR count). The summed E-state index contributed by atoms with van der Waals surface area (Å²) in [6, 6.07) is 15.7. The fourth-order valence-corrected chi connectivity index (χ4v) is 4.30. The minimum absolute atomic E-state index is 0.173. The zero-order chi connectivity index (χ0) is 18.8. The lowest BCUT2D eigenvalue weighted by Gasteiger charge is -2.21. The standard InChI is InChI=1S/C21H20N2O3S/c1-14(21(25)23-13-12-15-6-2-4-8-17(15)23)26-20(24)11-10-19-22-16-7-3-5-9-18(16)27-19/h2-9,14H,10-13H2,1H3. The molecule has 2 heterocycles. The van der Waals surface area contributed by atoms with Gasteiger partial charge in [0.2, 0.25) is 0 Å². The van der Waals surface area contributed by atoms with Gasteiger partial charge in [0.05, 0.1) is 21.6 Å². The first-order valence-corrected chi connectivity index (χ1v) is 9.86. The molecule has 3 aromatic rings. The maximum atomic E-state index is 12.7. The minimum atomic E-state index is -0.793. The van der Waals surface area contributed by atoms with E-state index in [2.05, 4.69) is 4.98 Å². The lowest BCUT2D eigenvalue weighted by atomic mass is 10.2. The second kappa shape index (κ2) is 7.48. The Morgan fingerprint density at radius 2 is 1.96 bits per heavy atom. The smallest absolute Gasteiger partial charge is 0.306 e. The highest BCUT2D eigenvalue weighted by atomic mass is 32.1. The van der Waals surface area contributed by atoms with Gasteiger partial charge >= 0.3 is 5.97 Å². The van der Waals surface area contributed by atoms with E-state index >= 15 is 0 Å². The van der Waals surface area contributed by atoms with Gasteiger partial charge in [0.1, 0.15) is 0 Å². The van der Waals surface area contributed by atoms with Gasteiger partial charge in [-0.2, -0.15) is 0 Å². The fourth-order valence-electron chi connectivity index (χ4n) is 3.33. The molecule has 0 saturated heterocycles. The number of aryl methyl sites for hydroxylation is 1. The number of benzene rings is 2. The van der Waals surface area contributed by atoms with Crippen LogP contribution in [0.3, 0.4) is 0 Å². The number of para-hydroxylation sites is 2. The number of ether oxygens (including phenoxy) is 1. The molecule has 0 N–H and O–H groups in total. The number of anilines is 1. The number of hydrogen-bond donors (Lipinski definition) is 0. The second-order valence-electron chi connectivity index (χ2n) is 6.58. The average Bonchev–Trinajstić information content (AvgIpc) is 3.29. The number of rotatable bonds is 5. The zero-order valence-corrected chi connectivity index (χ0v) is 15.9. The third kappa shape index (κ3) is 3.71. The molecule has 1 unspecified atom stereocenters. The molecule has 138 valence electrons. The molecule has 27 heavy (non-hydrogen) atoms. The first kappa shape index (κ1) is 17.7. The summed E-state index contributed by atoms with van der Waals surface area (Å²) in [6.07, 6.45) is 0.777. The predicted octanol–water partition coefficient (Wildman–Crippen LogP) is 3.75. The Kier molecular flexibility index (Phi) is 4.90. The van der Waals surface area contributed by atoms with E-state index in [1.165, 1.54) is 0 Å².